The lowest BCUT2D eigenvalue weighted by molar-refractivity contribution is 0.0325. The topological polar surface area (TPSA) is 101 Å². The summed E-state index contributed by atoms with van der Waals surface area (Å²) >= 11 is 0. The van der Waals surface area contributed by atoms with Crippen LogP contribution in [-0.4, -0.2) is 71.3 Å². The van der Waals surface area contributed by atoms with Gasteiger partial charge in [0.25, 0.3) is 0 Å². The highest BCUT2D eigenvalue weighted by Crippen LogP contribution is 2.24. The van der Waals surface area contributed by atoms with E-state index in [9.17, 15) is 4.39 Å². The smallest absolute Gasteiger partial charge is 0.228 e. The lowest BCUT2D eigenvalue weighted by atomic mass is 10.0. The molecule has 0 bridgehead atoms. The molecule has 1 aliphatic carbocycles. The second kappa shape index (κ2) is 14.4. The number of hydrogen-bond donors (Lipinski definition) is 3. The summed E-state index contributed by atoms with van der Waals surface area (Å²) in [6, 6.07) is -0.00785. The summed E-state index contributed by atoms with van der Waals surface area (Å²) in [5.74, 6) is 2.03. The Morgan fingerprint density at radius 2 is 1.94 bits per heavy atom. The minimum absolute atomic E-state index is 0.00205. The number of rotatable bonds is 11. The Morgan fingerprint density at radius 1 is 1.19 bits per heavy atom. The summed E-state index contributed by atoms with van der Waals surface area (Å²) in [5, 5.41) is 6.76. The van der Waals surface area contributed by atoms with Crippen molar-refractivity contribution >= 4 is 18.0 Å². The fourth-order valence-corrected chi connectivity index (χ4v) is 4.39. The molecule has 36 heavy (non-hydrogen) atoms. The number of ether oxygens (including phenoxy) is 1. The first kappa shape index (κ1) is 28.2. The molecule has 0 amide bonds. The maximum absolute atomic E-state index is 13.9. The molecule has 1 saturated heterocycles. The third-order valence-electron chi connectivity index (χ3n) is 6.61. The zero-order valence-electron chi connectivity index (χ0n) is 22.3. The SMILES string of the molecule is CC(=CC(C)Nc1nc(C=CC2C=C(F)CCCC2)nc(NCC(C)CN2CCOCC2)n1)C(C)N. The van der Waals surface area contributed by atoms with Gasteiger partial charge in [-0.15, -0.1) is 0 Å². The van der Waals surface area contributed by atoms with Gasteiger partial charge in [0.05, 0.1) is 19.0 Å². The quantitative estimate of drug-likeness (QED) is 0.384. The molecule has 0 radical (unpaired) electrons. The van der Waals surface area contributed by atoms with Crippen LogP contribution in [0.4, 0.5) is 16.3 Å². The third kappa shape index (κ3) is 9.95. The van der Waals surface area contributed by atoms with Crippen molar-refractivity contribution in [3.8, 4) is 0 Å². The van der Waals surface area contributed by atoms with Crippen molar-refractivity contribution < 1.29 is 9.13 Å². The maximum Gasteiger partial charge on any atom is 0.228 e. The fourth-order valence-electron chi connectivity index (χ4n) is 4.39. The van der Waals surface area contributed by atoms with Crippen molar-refractivity contribution in [2.24, 2.45) is 17.6 Å². The lowest BCUT2D eigenvalue weighted by Crippen LogP contribution is -2.40. The molecule has 3 rings (SSSR count). The average Bonchev–Trinajstić information content (AvgIpc) is 3.05. The Morgan fingerprint density at radius 3 is 2.69 bits per heavy atom. The zero-order valence-corrected chi connectivity index (χ0v) is 22.3. The Labute approximate surface area is 215 Å². The summed E-state index contributed by atoms with van der Waals surface area (Å²) < 4.78 is 19.4. The summed E-state index contributed by atoms with van der Waals surface area (Å²) in [6.45, 7) is 13.5. The summed E-state index contributed by atoms with van der Waals surface area (Å²) in [5.41, 5.74) is 7.09. The van der Waals surface area contributed by atoms with E-state index in [1.807, 2.05) is 32.9 Å². The van der Waals surface area contributed by atoms with Gasteiger partial charge in [-0.3, -0.25) is 4.90 Å². The number of anilines is 2. The second-order valence-electron chi connectivity index (χ2n) is 10.3. The van der Waals surface area contributed by atoms with Crippen LogP contribution in [0.15, 0.2) is 29.6 Å². The van der Waals surface area contributed by atoms with Gasteiger partial charge in [0.15, 0.2) is 5.82 Å². The number of nitrogens with zero attached hydrogens (tertiary/aromatic N) is 4. The van der Waals surface area contributed by atoms with Crippen molar-refractivity contribution in [3.63, 3.8) is 0 Å². The second-order valence-corrected chi connectivity index (χ2v) is 10.3. The van der Waals surface area contributed by atoms with Gasteiger partial charge in [-0.1, -0.05) is 31.1 Å². The minimum Gasteiger partial charge on any atom is -0.379 e. The minimum atomic E-state index is -0.0260. The normalized spacial score (nSPS) is 22.6. The van der Waals surface area contributed by atoms with E-state index in [1.54, 1.807) is 6.08 Å². The van der Waals surface area contributed by atoms with E-state index in [0.29, 0.717) is 30.1 Å². The highest BCUT2D eigenvalue weighted by Gasteiger charge is 2.15. The number of hydrogen-bond acceptors (Lipinski definition) is 8. The van der Waals surface area contributed by atoms with Crippen LogP contribution in [0.1, 0.15) is 59.2 Å². The number of halogens is 1. The molecule has 1 aliphatic heterocycles. The molecule has 9 heteroatoms. The van der Waals surface area contributed by atoms with Crippen molar-refractivity contribution in [1.82, 2.24) is 19.9 Å². The third-order valence-corrected chi connectivity index (χ3v) is 6.61. The molecular weight excluding hydrogens is 457 g/mol. The summed E-state index contributed by atoms with van der Waals surface area (Å²) in [7, 11) is 0. The number of morpholine rings is 1. The van der Waals surface area contributed by atoms with Gasteiger partial charge in [0, 0.05) is 38.3 Å². The lowest BCUT2D eigenvalue weighted by Gasteiger charge is -2.29. The average molecular weight is 502 g/mol. The van der Waals surface area contributed by atoms with E-state index in [4.69, 9.17) is 10.5 Å². The van der Waals surface area contributed by atoms with Crippen molar-refractivity contribution in [2.45, 2.75) is 65.5 Å². The first-order chi connectivity index (χ1) is 17.3. The largest absolute Gasteiger partial charge is 0.379 e. The van der Waals surface area contributed by atoms with E-state index >= 15 is 0 Å². The summed E-state index contributed by atoms with van der Waals surface area (Å²) in [6.07, 6.45) is 11.1. The molecule has 1 fully saturated rings. The van der Waals surface area contributed by atoms with Gasteiger partial charge < -0.3 is 21.1 Å². The predicted molar refractivity (Wildman–Crippen MR) is 145 cm³/mol. The molecule has 1 aromatic heterocycles. The Bertz CT molecular complexity index is 911. The highest BCUT2D eigenvalue weighted by molar-refractivity contribution is 5.47. The number of nitrogens with two attached hydrogens (primary N) is 1. The molecule has 4 N–H and O–H groups in total. The van der Waals surface area contributed by atoms with Crippen LogP contribution in [0.3, 0.4) is 0 Å². The van der Waals surface area contributed by atoms with Gasteiger partial charge in [0.1, 0.15) is 0 Å². The molecule has 200 valence electrons. The van der Waals surface area contributed by atoms with Gasteiger partial charge in [-0.05, 0) is 64.0 Å². The van der Waals surface area contributed by atoms with Crippen LogP contribution in [0.2, 0.25) is 0 Å². The fraction of sp³-hybridized carbons (Fsp3) is 0.667. The highest BCUT2D eigenvalue weighted by atomic mass is 19.1. The molecule has 0 aromatic carbocycles. The molecule has 1 aromatic rings. The first-order valence-corrected chi connectivity index (χ1v) is 13.3. The van der Waals surface area contributed by atoms with Gasteiger partial charge >= 0.3 is 0 Å². The molecule has 0 saturated carbocycles. The first-order valence-electron chi connectivity index (χ1n) is 13.3. The van der Waals surface area contributed by atoms with Crippen LogP contribution in [0.5, 0.6) is 0 Å². The van der Waals surface area contributed by atoms with Crippen LogP contribution >= 0.6 is 0 Å². The van der Waals surface area contributed by atoms with Gasteiger partial charge in [0.2, 0.25) is 11.9 Å². The van der Waals surface area contributed by atoms with E-state index < -0.39 is 0 Å². The molecular formula is C27H44FN7O. The predicted octanol–water partition coefficient (Wildman–Crippen LogP) is 4.40. The standard InChI is InChI=1S/C27H44FN7O/c1-19(18-35-11-13-36-14-12-35)17-30-26-32-25(10-9-23-7-5-6-8-24(28)16-23)33-27(34-26)31-21(3)15-20(2)22(4)29/h9-10,15-16,19,21-23H,5-8,11-14,17-18,29H2,1-4H3,(H2,30,31,32,33,34). The number of nitrogens with one attached hydrogen (secondary N) is 2. The Balaban J connectivity index is 1.72. The van der Waals surface area contributed by atoms with Crippen molar-refractivity contribution in [2.75, 3.05) is 50.0 Å². The van der Waals surface area contributed by atoms with Crippen molar-refractivity contribution in [1.29, 1.82) is 0 Å². The monoisotopic (exact) mass is 501 g/mol. The zero-order chi connectivity index (χ0) is 25.9. The Hall–Kier alpha value is -2.36. The number of aromatic nitrogens is 3. The molecule has 4 unspecified atom stereocenters. The maximum atomic E-state index is 13.9. The van der Waals surface area contributed by atoms with Gasteiger partial charge in [-0.2, -0.15) is 15.0 Å². The Kier molecular flexibility index (Phi) is 11.3. The molecule has 2 aliphatic rings. The van der Waals surface area contributed by atoms with E-state index in [0.717, 1.165) is 64.2 Å². The van der Waals surface area contributed by atoms with Gasteiger partial charge in [-0.25, -0.2) is 4.39 Å². The van der Waals surface area contributed by atoms with Crippen LogP contribution in [0.25, 0.3) is 6.08 Å². The molecule has 4 atom stereocenters. The molecule has 0 spiro atoms. The van der Waals surface area contributed by atoms with Crippen LogP contribution in [0, 0.1) is 11.8 Å². The number of allylic oxidation sites excluding steroid dienone is 3. The molecule has 8 nitrogen and oxygen atoms in total. The molecule has 2 heterocycles. The van der Waals surface area contributed by atoms with Crippen molar-refractivity contribution in [3.05, 3.63) is 35.5 Å². The van der Waals surface area contributed by atoms with Crippen LogP contribution < -0.4 is 16.4 Å². The van der Waals surface area contributed by atoms with E-state index in [2.05, 4.69) is 43.5 Å². The summed E-state index contributed by atoms with van der Waals surface area (Å²) in [4.78, 5) is 16.3. The van der Waals surface area contributed by atoms with E-state index in [-0.39, 0.29) is 23.8 Å². The van der Waals surface area contributed by atoms with E-state index in [1.165, 1.54) is 0 Å². The van der Waals surface area contributed by atoms with Crippen LogP contribution in [-0.2, 0) is 4.74 Å².